The predicted molar refractivity (Wildman–Crippen MR) is 101 cm³/mol. The van der Waals surface area contributed by atoms with Crippen LogP contribution in [0.4, 0.5) is 0 Å². The molecule has 1 aliphatic heterocycles. The summed E-state index contributed by atoms with van der Waals surface area (Å²) in [5.41, 5.74) is 2.75. The number of ether oxygens (including phenoxy) is 1. The largest absolute Gasteiger partial charge is 0.496 e. The second-order valence-electron chi connectivity index (χ2n) is 6.50. The summed E-state index contributed by atoms with van der Waals surface area (Å²) in [5.74, 6) is 1.83. The molecule has 1 saturated carbocycles. The number of halogens is 2. The first kappa shape index (κ1) is 20.6. The van der Waals surface area contributed by atoms with Gasteiger partial charge in [0.1, 0.15) is 5.75 Å². The highest BCUT2D eigenvalue weighted by atomic mass is 35.5. The number of nitrogens with zero attached hydrogens (tertiary/aromatic N) is 1. The quantitative estimate of drug-likeness (QED) is 0.878. The Morgan fingerprint density at radius 1 is 1.13 bits per heavy atom. The minimum atomic E-state index is 0. The molecule has 0 aromatic heterocycles. The van der Waals surface area contributed by atoms with E-state index in [4.69, 9.17) is 4.74 Å². The number of rotatable bonds is 4. The molecule has 23 heavy (non-hydrogen) atoms. The third kappa shape index (κ3) is 4.76. The van der Waals surface area contributed by atoms with E-state index in [1.165, 1.54) is 49.9 Å². The van der Waals surface area contributed by atoms with Crippen LogP contribution in [0.2, 0.25) is 0 Å². The van der Waals surface area contributed by atoms with Crippen LogP contribution in [0.15, 0.2) is 18.2 Å². The summed E-state index contributed by atoms with van der Waals surface area (Å²) in [4.78, 5) is 2.70. The van der Waals surface area contributed by atoms with Crippen LogP contribution < -0.4 is 10.1 Å². The van der Waals surface area contributed by atoms with Crippen LogP contribution in [0.1, 0.15) is 42.9 Å². The van der Waals surface area contributed by atoms with Crippen molar-refractivity contribution in [2.75, 3.05) is 33.3 Å². The topological polar surface area (TPSA) is 24.5 Å². The molecule has 0 spiro atoms. The van der Waals surface area contributed by atoms with Crippen molar-refractivity contribution >= 4 is 24.8 Å². The molecule has 132 valence electrons. The molecular weight excluding hydrogens is 331 g/mol. The Balaban J connectivity index is 0.00000132. The Hall–Kier alpha value is -0.480. The van der Waals surface area contributed by atoms with Gasteiger partial charge < -0.3 is 10.1 Å². The maximum absolute atomic E-state index is 5.43. The molecule has 2 fully saturated rings. The summed E-state index contributed by atoms with van der Waals surface area (Å²) >= 11 is 0. The highest BCUT2D eigenvalue weighted by Gasteiger charge is 2.31. The highest BCUT2D eigenvalue weighted by molar-refractivity contribution is 5.85. The molecule has 0 amide bonds. The molecule has 1 aliphatic carbocycles. The molecule has 1 aromatic carbocycles. The predicted octanol–water partition coefficient (Wildman–Crippen LogP) is 3.98. The zero-order chi connectivity index (χ0) is 14.7. The van der Waals surface area contributed by atoms with Crippen molar-refractivity contribution in [1.29, 1.82) is 0 Å². The van der Waals surface area contributed by atoms with Crippen LogP contribution in [0.3, 0.4) is 0 Å². The van der Waals surface area contributed by atoms with Gasteiger partial charge in [0.25, 0.3) is 0 Å². The van der Waals surface area contributed by atoms with Gasteiger partial charge in [-0.25, -0.2) is 0 Å². The maximum atomic E-state index is 5.43. The fourth-order valence-corrected chi connectivity index (χ4v) is 4.10. The van der Waals surface area contributed by atoms with Gasteiger partial charge in [0, 0.05) is 32.2 Å². The lowest BCUT2D eigenvalue weighted by Gasteiger charge is -2.39. The number of aryl methyl sites for hydroxylation is 1. The second-order valence-corrected chi connectivity index (χ2v) is 6.50. The molecule has 0 radical (unpaired) electrons. The third-order valence-electron chi connectivity index (χ3n) is 5.15. The number of hydrogen-bond donors (Lipinski definition) is 1. The van der Waals surface area contributed by atoms with Crippen LogP contribution in [0.25, 0.3) is 0 Å². The molecule has 1 N–H and O–H groups in total. The SMILES string of the molecule is COc1ccc([C@H](C2CCCC2)N2CCNCC2)cc1C.Cl.Cl. The summed E-state index contributed by atoms with van der Waals surface area (Å²) < 4.78 is 5.43. The van der Waals surface area contributed by atoms with Gasteiger partial charge in [0.15, 0.2) is 0 Å². The zero-order valence-electron chi connectivity index (χ0n) is 14.2. The number of benzene rings is 1. The van der Waals surface area contributed by atoms with Crippen LogP contribution >= 0.6 is 24.8 Å². The molecule has 1 aromatic rings. The van der Waals surface area contributed by atoms with E-state index in [2.05, 4.69) is 35.3 Å². The van der Waals surface area contributed by atoms with E-state index in [0.29, 0.717) is 6.04 Å². The Bertz CT molecular complexity index is 472. The van der Waals surface area contributed by atoms with Crippen LogP contribution in [-0.4, -0.2) is 38.2 Å². The summed E-state index contributed by atoms with van der Waals surface area (Å²) in [6.45, 7) is 6.75. The first-order valence-electron chi connectivity index (χ1n) is 8.39. The Morgan fingerprint density at radius 2 is 1.78 bits per heavy atom. The molecular formula is C18H30Cl2N2O. The van der Waals surface area contributed by atoms with Crippen molar-refractivity contribution in [3.63, 3.8) is 0 Å². The van der Waals surface area contributed by atoms with Crippen molar-refractivity contribution in [2.24, 2.45) is 5.92 Å². The van der Waals surface area contributed by atoms with Gasteiger partial charge in [-0.1, -0.05) is 25.0 Å². The number of piperazine rings is 1. The van der Waals surface area contributed by atoms with Gasteiger partial charge in [-0.3, -0.25) is 4.90 Å². The van der Waals surface area contributed by atoms with E-state index >= 15 is 0 Å². The molecule has 1 heterocycles. The van der Waals surface area contributed by atoms with Gasteiger partial charge in [0.2, 0.25) is 0 Å². The van der Waals surface area contributed by atoms with E-state index in [0.717, 1.165) is 24.8 Å². The summed E-state index contributed by atoms with van der Waals surface area (Å²) in [5, 5.41) is 3.48. The number of methoxy groups -OCH3 is 1. The lowest BCUT2D eigenvalue weighted by atomic mass is 9.89. The minimum Gasteiger partial charge on any atom is -0.496 e. The average Bonchev–Trinajstić information content (AvgIpc) is 3.03. The molecule has 3 rings (SSSR count). The molecule has 1 atom stereocenters. The minimum absolute atomic E-state index is 0. The van der Waals surface area contributed by atoms with E-state index in [1.54, 1.807) is 7.11 Å². The Labute approximate surface area is 153 Å². The van der Waals surface area contributed by atoms with Crippen molar-refractivity contribution in [2.45, 2.75) is 38.6 Å². The van der Waals surface area contributed by atoms with Gasteiger partial charge >= 0.3 is 0 Å². The lowest BCUT2D eigenvalue weighted by molar-refractivity contribution is 0.125. The van der Waals surface area contributed by atoms with E-state index in [1.807, 2.05) is 0 Å². The summed E-state index contributed by atoms with van der Waals surface area (Å²) in [7, 11) is 1.76. The molecule has 0 bridgehead atoms. The van der Waals surface area contributed by atoms with Crippen LogP contribution in [0.5, 0.6) is 5.75 Å². The molecule has 0 unspecified atom stereocenters. The van der Waals surface area contributed by atoms with E-state index < -0.39 is 0 Å². The van der Waals surface area contributed by atoms with Crippen molar-refractivity contribution in [3.05, 3.63) is 29.3 Å². The van der Waals surface area contributed by atoms with E-state index in [-0.39, 0.29) is 24.8 Å². The second kappa shape index (κ2) is 9.73. The zero-order valence-corrected chi connectivity index (χ0v) is 15.8. The van der Waals surface area contributed by atoms with E-state index in [9.17, 15) is 0 Å². The molecule has 3 nitrogen and oxygen atoms in total. The Kier molecular flexibility index (Phi) is 8.70. The van der Waals surface area contributed by atoms with Crippen molar-refractivity contribution < 1.29 is 4.74 Å². The third-order valence-corrected chi connectivity index (χ3v) is 5.15. The van der Waals surface area contributed by atoms with Crippen molar-refractivity contribution in [3.8, 4) is 5.75 Å². The summed E-state index contributed by atoms with van der Waals surface area (Å²) in [6, 6.07) is 7.38. The first-order chi connectivity index (χ1) is 10.3. The maximum Gasteiger partial charge on any atom is 0.121 e. The van der Waals surface area contributed by atoms with Gasteiger partial charge in [-0.15, -0.1) is 24.8 Å². The van der Waals surface area contributed by atoms with Crippen LogP contribution in [-0.2, 0) is 0 Å². The highest BCUT2D eigenvalue weighted by Crippen LogP contribution is 2.40. The van der Waals surface area contributed by atoms with Gasteiger partial charge in [-0.2, -0.15) is 0 Å². The molecule has 5 heteroatoms. The first-order valence-corrected chi connectivity index (χ1v) is 8.39. The normalized spacial score (nSPS) is 20.4. The fraction of sp³-hybridized carbons (Fsp3) is 0.667. The number of hydrogen-bond acceptors (Lipinski definition) is 3. The molecule has 1 saturated heterocycles. The summed E-state index contributed by atoms with van der Waals surface area (Å²) in [6.07, 6.45) is 5.59. The van der Waals surface area contributed by atoms with Crippen molar-refractivity contribution in [1.82, 2.24) is 10.2 Å². The number of nitrogens with one attached hydrogen (secondary N) is 1. The van der Waals surface area contributed by atoms with Gasteiger partial charge in [-0.05, 0) is 42.9 Å². The van der Waals surface area contributed by atoms with Gasteiger partial charge in [0.05, 0.1) is 7.11 Å². The standard InChI is InChI=1S/C18H28N2O.2ClH/c1-14-13-16(7-8-17(14)21-2)18(15-5-3-4-6-15)20-11-9-19-10-12-20;;/h7-8,13,15,18-19H,3-6,9-12H2,1-2H3;2*1H/t18-;;/m0../s1. The fourth-order valence-electron chi connectivity index (χ4n) is 4.10. The monoisotopic (exact) mass is 360 g/mol. The average molecular weight is 361 g/mol. The Morgan fingerprint density at radius 3 is 2.35 bits per heavy atom. The lowest BCUT2D eigenvalue weighted by Crippen LogP contribution is -2.46. The smallest absolute Gasteiger partial charge is 0.121 e. The van der Waals surface area contributed by atoms with Crippen LogP contribution in [0, 0.1) is 12.8 Å². The molecule has 2 aliphatic rings.